The van der Waals surface area contributed by atoms with Gasteiger partial charge >= 0.3 is 6.18 Å². The van der Waals surface area contributed by atoms with Gasteiger partial charge in [0, 0.05) is 12.5 Å². The summed E-state index contributed by atoms with van der Waals surface area (Å²) in [5.41, 5.74) is 2.12. The van der Waals surface area contributed by atoms with Crippen LogP contribution in [0.2, 0.25) is 19.6 Å². The fourth-order valence-electron chi connectivity index (χ4n) is 1.68. The molecule has 0 aliphatic heterocycles. The van der Waals surface area contributed by atoms with E-state index >= 15 is 0 Å². The van der Waals surface area contributed by atoms with E-state index in [9.17, 15) is 21.6 Å². The molecular weight excluding hydrogens is 343 g/mol. The lowest BCUT2D eigenvalue weighted by atomic mass is 10.2. The predicted molar refractivity (Wildman–Crippen MR) is 87.0 cm³/mol. The number of sulfonamides is 1. The number of benzene rings is 1. The second-order valence-corrected chi connectivity index (χ2v) is 12.8. The second-order valence-electron chi connectivity index (χ2n) is 6.30. The van der Waals surface area contributed by atoms with Crippen molar-refractivity contribution in [2.75, 3.05) is 0 Å². The van der Waals surface area contributed by atoms with E-state index in [0.29, 0.717) is 12.5 Å². The van der Waals surface area contributed by atoms with Gasteiger partial charge < -0.3 is 0 Å². The minimum absolute atomic E-state index is 0.308. The van der Waals surface area contributed by atoms with Crippen LogP contribution in [0.25, 0.3) is 0 Å². The molecule has 0 saturated heterocycles. The normalized spacial score (nSPS) is 14.0. The lowest BCUT2D eigenvalue weighted by molar-refractivity contribution is -0.137. The van der Waals surface area contributed by atoms with E-state index in [1.807, 2.05) is 0 Å². The number of alkyl halides is 3. The van der Waals surface area contributed by atoms with Gasteiger partial charge in [0.1, 0.15) is 8.07 Å². The van der Waals surface area contributed by atoms with Crippen molar-refractivity contribution in [2.24, 2.45) is 0 Å². The molecule has 0 amide bonds. The molecule has 1 rings (SSSR count). The molecule has 128 valence electrons. The summed E-state index contributed by atoms with van der Waals surface area (Å²) in [6.45, 7) is 7.83. The average molecular weight is 363 g/mol. The van der Waals surface area contributed by atoms with Crippen LogP contribution in [0.3, 0.4) is 0 Å². The van der Waals surface area contributed by atoms with E-state index in [0.717, 1.165) is 18.2 Å². The van der Waals surface area contributed by atoms with Crippen LogP contribution in [-0.4, -0.2) is 22.5 Å². The Morgan fingerprint density at radius 2 is 1.87 bits per heavy atom. The number of halogens is 3. The Morgan fingerprint density at radius 3 is 2.39 bits per heavy atom. The maximum absolute atomic E-state index is 12.7. The molecule has 0 fully saturated rings. The molecule has 0 aliphatic rings. The highest BCUT2D eigenvalue weighted by atomic mass is 32.2. The lowest BCUT2D eigenvalue weighted by Gasteiger charge is -2.13. The molecule has 0 heterocycles. The van der Waals surface area contributed by atoms with E-state index in [1.54, 1.807) is 6.92 Å². The first-order valence-corrected chi connectivity index (χ1v) is 12.0. The topological polar surface area (TPSA) is 46.2 Å². The van der Waals surface area contributed by atoms with Gasteiger partial charge in [-0.15, -0.1) is 11.5 Å². The largest absolute Gasteiger partial charge is 0.416 e. The highest BCUT2D eigenvalue weighted by Gasteiger charge is 2.31. The number of nitrogens with one attached hydrogen (secondary N) is 1. The van der Waals surface area contributed by atoms with Crippen LogP contribution in [0.1, 0.15) is 18.9 Å². The van der Waals surface area contributed by atoms with Gasteiger partial charge in [0.25, 0.3) is 0 Å². The molecule has 0 aliphatic carbocycles. The zero-order valence-corrected chi connectivity index (χ0v) is 15.3. The molecule has 0 unspecified atom stereocenters. The third-order valence-corrected chi connectivity index (χ3v) is 5.21. The molecule has 3 nitrogen and oxygen atoms in total. The SMILES string of the molecule is C[C@@H](CC#C[Si](C)(C)C)NS(=O)(=O)c1cccc(C(F)(F)F)c1. The molecule has 0 aromatic heterocycles. The highest BCUT2D eigenvalue weighted by Crippen LogP contribution is 2.30. The average Bonchev–Trinajstić information content (AvgIpc) is 2.35. The maximum Gasteiger partial charge on any atom is 0.416 e. The maximum atomic E-state index is 12.7. The third kappa shape index (κ3) is 6.77. The van der Waals surface area contributed by atoms with Gasteiger partial charge in [0.05, 0.1) is 10.5 Å². The molecule has 1 aromatic carbocycles. The Bertz CT molecular complexity index is 713. The van der Waals surface area contributed by atoms with Crippen molar-refractivity contribution in [3.05, 3.63) is 29.8 Å². The standard InChI is InChI=1S/C15H20F3NO2SSi/c1-12(7-6-10-23(2,3)4)19-22(20,21)14-9-5-8-13(11-14)15(16,17)18/h5,8-9,11-12,19H,7H2,1-4H3/t12-/m0/s1. The molecule has 1 aromatic rings. The fourth-order valence-corrected chi connectivity index (χ4v) is 3.60. The van der Waals surface area contributed by atoms with Crippen LogP contribution in [0.4, 0.5) is 13.2 Å². The Hall–Kier alpha value is -1.30. The molecule has 0 spiro atoms. The Kier molecular flexibility index (Phi) is 6.07. The van der Waals surface area contributed by atoms with Gasteiger partial charge in [-0.2, -0.15) is 13.2 Å². The van der Waals surface area contributed by atoms with Gasteiger partial charge in [-0.1, -0.05) is 25.7 Å². The first-order chi connectivity index (χ1) is 10.3. The number of hydrogen-bond acceptors (Lipinski definition) is 2. The Morgan fingerprint density at radius 1 is 1.26 bits per heavy atom. The second kappa shape index (κ2) is 7.07. The first-order valence-electron chi connectivity index (χ1n) is 7.01. The molecule has 0 radical (unpaired) electrons. The Balaban J connectivity index is 2.89. The van der Waals surface area contributed by atoms with Crippen molar-refractivity contribution >= 4 is 18.1 Å². The van der Waals surface area contributed by atoms with E-state index in [-0.39, 0.29) is 0 Å². The molecule has 8 heteroatoms. The van der Waals surface area contributed by atoms with E-state index < -0.39 is 40.8 Å². The molecular formula is C15H20F3NO2SSi. The van der Waals surface area contributed by atoms with Crippen molar-refractivity contribution in [3.8, 4) is 11.5 Å². The molecule has 0 saturated carbocycles. The van der Waals surface area contributed by atoms with Crippen LogP contribution in [-0.2, 0) is 16.2 Å². The van der Waals surface area contributed by atoms with Crippen LogP contribution in [0, 0.1) is 11.5 Å². The van der Waals surface area contributed by atoms with E-state index in [2.05, 4.69) is 35.8 Å². The van der Waals surface area contributed by atoms with Gasteiger partial charge in [0.2, 0.25) is 10.0 Å². The van der Waals surface area contributed by atoms with E-state index in [1.165, 1.54) is 0 Å². The summed E-state index contributed by atoms with van der Waals surface area (Å²) in [7, 11) is -5.55. The van der Waals surface area contributed by atoms with Gasteiger partial charge in [-0.05, 0) is 25.1 Å². The zero-order chi connectivity index (χ0) is 17.9. The minimum Gasteiger partial charge on any atom is -0.207 e. The summed E-state index contributed by atoms with van der Waals surface area (Å²) in [5.74, 6) is 2.94. The Labute approximate surface area is 136 Å². The van der Waals surface area contributed by atoms with Crippen molar-refractivity contribution in [1.82, 2.24) is 4.72 Å². The quantitative estimate of drug-likeness (QED) is 0.656. The minimum atomic E-state index is -4.58. The van der Waals surface area contributed by atoms with Crippen LogP contribution >= 0.6 is 0 Å². The number of rotatable bonds is 4. The van der Waals surface area contributed by atoms with Crippen molar-refractivity contribution < 1.29 is 21.6 Å². The zero-order valence-electron chi connectivity index (χ0n) is 13.5. The summed E-state index contributed by atoms with van der Waals surface area (Å²) in [4.78, 5) is -0.405. The monoisotopic (exact) mass is 363 g/mol. The molecule has 0 bridgehead atoms. The highest BCUT2D eigenvalue weighted by molar-refractivity contribution is 7.89. The summed E-state index contributed by atoms with van der Waals surface area (Å²) in [6, 6.07) is 3.19. The molecule has 1 atom stereocenters. The van der Waals surface area contributed by atoms with Crippen molar-refractivity contribution in [3.63, 3.8) is 0 Å². The van der Waals surface area contributed by atoms with Gasteiger partial charge in [-0.3, -0.25) is 0 Å². The van der Waals surface area contributed by atoms with Crippen LogP contribution < -0.4 is 4.72 Å². The third-order valence-electron chi connectivity index (χ3n) is 2.70. The van der Waals surface area contributed by atoms with Crippen LogP contribution in [0.5, 0.6) is 0 Å². The number of hydrogen-bond donors (Lipinski definition) is 1. The van der Waals surface area contributed by atoms with Crippen molar-refractivity contribution in [2.45, 2.75) is 50.1 Å². The summed E-state index contributed by atoms with van der Waals surface area (Å²) < 4.78 is 64.7. The van der Waals surface area contributed by atoms with Gasteiger partial charge in [0.15, 0.2) is 0 Å². The first kappa shape index (κ1) is 19.7. The lowest BCUT2D eigenvalue weighted by Crippen LogP contribution is -2.32. The fraction of sp³-hybridized carbons (Fsp3) is 0.467. The van der Waals surface area contributed by atoms with Crippen LogP contribution in [0.15, 0.2) is 29.2 Å². The summed E-state index contributed by atoms with van der Waals surface area (Å²) in [5, 5.41) is 0. The summed E-state index contributed by atoms with van der Waals surface area (Å²) >= 11 is 0. The smallest absolute Gasteiger partial charge is 0.207 e. The van der Waals surface area contributed by atoms with E-state index in [4.69, 9.17) is 0 Å². The predicted octanol–water partition coefficient (Wildman–Crippen LogP) is 3.64. The van der Waals surface area contributed by atoms with Crippen molar-refractivity contribution in [1.29, 1.82) is 0 Å². The molecule has 1 N–H and O–H groups in total. The van der Waals surface area contributed by atoms with Gasteiger partial charge in [-0.25, -0.2) is 13.1 Å². The summed E-state index contributed by atoms with van der Waals surface area (Å²) in [6.07, 6.45) is -4.28. The molecule has 23 heavy (non-hydrogen) atoms.